The first-order valence-corrected chi connectivity index (χ1v) is 5.87. The number of pyridine rings is 1. The Hall–Kier alpha value is -1.24. The maximum atomic E-state index is 3.51. The molecule has 1 nitrogen and oxygen atoms in total. The van der Waals surface area contributed by atoms with Crippen LogP contribution in [0.3, 0.4) is 0 Å². The van der Waals surface area contributed by atoms with Gasteiger partial charge in [-0.3, -0.25) is 0 Å². The lowest BCUT2D eigenvalue weighted by Gasteiger charge is -2.03. The zero-order valence-corrected chi connectivity index (χ0v) is 9.59. The van der Waals surface area contributed by atoms with Crippen LogP contribution in [0.4, 0.5) is 0 Å². The predicted octanol–water partition coefficient (Wildman–Crippen LogP) is 3.64. The normalized spacial score (nSPS) is 11.1. The van der Waals surface area contributed by atoms with Gasteiger partial charge in [-0.1, -0.05) is 32.8 Å². The van der Waals surface area contributed by atoms with Gasteiger partial charge in [-0.25, -0.2) is 0 Å². The highest BCUT2D eigenvalue weighted by molar-refractivity contribution is 5.52. The monoisotopic (exact) mass is 200 g/mol. The number of hydrogen-bond donors (Lipinski definition) is 0. The van der Waals surface area contributed by atoms with Crippen LogP contribution in [0.25, 0.3) is 5.52 Å². The highest BCUT2D eigenvalue weighted by Gasteiger charge is 2.08. The summed E-state index contributed by atoms with van der Waals surface area (Å²) >= 11 is 0. The molecule has 0 aliphatic heterocycles. The maximum Gasteiger partial charge on any atom is 0.0535 e. The summed E-state index contributed by atoms with van der Waals surface area (Å²) in [7, 11) is 0. The van der Waals surface area contributed by atoms with E-state index in [-0.39, 0.29) is 0 Å². The average molecular weight is 200 g/mol. The molecule has 0 saturated heterocycles. The molecule has 2 rings (SSSR count). The number of aromatic nitrogens is 1. The molecule has 0 aromatic carbocycles. The number of nitrogens with zero attached hydrogens (tertiary/aromatic N) is 1. The lowest BCUT2D eigenvalue weighted by atomic mass is 10.1. The summed E-state index contributed by atoms with van der Waals surface area (Å²) in [5.74, 6) is 0. The molecule has 2 aromatic rings. The Bertz CT molecular complexity index is 440. The first-order valence-electron chi connectivity index (χ1n) is 5.87. The molecule has 0 saturated carbocycles. The average Bonchev–Trinajstić information content (AvgIpc) is 2.59. The van der Waals surface area contributed by atoms with Crippen molar-refractivity contribution in [1.82, 2.24) is 4.40 Å². The first kappa shape index (κ1) is 10.3. The van der Waals surface area contributed by atoms with Crippen molar-refractivity contribution in [3.05, 3.63) is 41.7 Å². The molecule has 0 unspecified atom stereocenters. The molecule has 0 bridgehead atoms. The second-order valence-electron chi connectivity index (χ2n) is 4.01. The van der Waals surface area contributed by atoms with Gasteiger partial charge in [0.2, 0.25) is 0 Å². The van der Waals surface area contributed by atoms with Gasteiger partial charge in [0, 0.05) is 18.0 Å². The minimum atomic E-state index is 1.15. The van der Waals surface area contributed by atoms with Gasteiger partial charge in [0.25, 0.3) is 0 Å². The molecule has 1 heteroatoms. The first-order chi connectivity index (χ1) is 7.36. The fraction of sp³-hybridized carbons (Fsp3) is 0.429. The van der Waals surface area contributed by atoms with E-state index in [1.807, 2.05) is 0 Å². The third kappa shape index (κ3) is 1.92. The summed E-state index contributed by atoms with van der Waals surface area (Å²) in [6.45, 7) is 4.46. The van der Waals surface area contributed by atoms with Gasteiger partial charge in [-0.2, -0.15) is 0 Å². The van der Waals surface area contributed by atoms with Gasteiger partial charge in [0.15, 0.2) is 0 Å². The van der Waals surface area contributed by atoms with Crippen molar-refractivity contribution in [3.8, 4) is 0 Å². The molecule has 15 heavy (non-hydrogen) atoms. The number of aryl methyl sites for hydroxylation is 2. The van der Waals surface area contributed by atoms with E-state index in [0.717, 1.165) is 12.8 Å². The Kier molecular flexibility index (Phi) is 3.10. The molecule has 1 radical (unpaired) electrons. The molecule has 0 aliphatic carbocycles. The Labute approximate surface area is 91.7 Å². The van der Waals surface area contributed by atoms with Gasteiger partial charge in [0.05, 0.1) is 5.52 Å². The van der Waals surface area contributed by atoms with Crippen molar-refractivity contribution in [2.45, 2.75) is 39.5 Å². The van der Waals surface area contributed by atoms with Crippen LogP contribution in [0, 0.1) is 6.07 Å². The van der Waals surface area contributed by atoms with E-state index in [0.29, 0.717) is 0 Å². The van der Waals surface area contributed by atoms with Gasteiger partial charge < -0.3 is 4.40 Å². The van der Waals surface area contributed by atoms with Gasteiger partial charge >= 0.3 is 0 Å². The van der Waals surface area contributed by atoms with E-state index in [1.165, 1.54) is 29.6 Å². The van der Waals surface area contributed by atoms with Crippen molar-refractivity contribution < 1.29 is 0 Å². The fourth-order valence-electron chi connectivity index (χ4n) is 2.12. The number of rotatable bonds is 4. The Balaban J connectivity index is 2.53. The van der Waals surface area contributed by atoms with E-state index in [9.17, 15) is 0 Å². The largest absolute Gasteiger partial charge is 0.320 e. The van der Waals surface area contributed by atoms with E-state index < -0.39 is 0 Å². The highest BCUT2D eigenvalue weighted by atomic mass is 14.9. The van der Waals surface area contributed by atoms with Crippen LogP contribution >= 0.6 is 0 Å². The summed E-state index contributed by atoms with van der Waals surface area (Å²) in [6.07, 6.45) is 6.85. The van der Waals surface area contributed by atoms with Crippen molar-refractivity contribution in [2.75, 3.05) is 0 Å². The zero-order chi connectivity index (χ0) is 10.7. The summed E-state index contributed by atoms with van der Waals surface area (Å²) < 4.78 is 2.29. The third-order valence-electron chi connectivity index (χ3n) is 2.76. The SMILES string of the molecule is CCCc1[c]c2ccccn2c1CCC. The van der Waals surface area contributed by atoms with Crippen molar-refractivity contribution in [1.29, 1.82) is 0 Å². The van der Waals surface area contributed by atoms with Crippen molar-refractivity contribution in [2.24, 2.45) is 0 Å². The third-order valence-corrected chi connectivity index (χ3v) is 2.76. The standard InChI is InChI=1S/C14H18N/c1-3-7-12-11-13-9-5-6-10-15(13)14(12)8-4-2/h5-6,9-10H,3-4,7-8H2,1-2H3. The van der Waals surface area contributed by atoms with Crippen LogP contribution in [-0.2, 0) is 12.8 Å². The molecule has 0 amide bonds. The summed E-state index contributed by atoms with van der Waals surface area (Å²) in [5, 5.41) is 0. The Morgan fingerprint density at radius 2 is 1.93 bits per heavy atom. The van der Waals surface area contributed by atoms with Crippen LogP contribution < -0.4 is 0 Å². The second kappa shape index (κ2) is 4.52. The van der Waals surface area contributed by atoms with Gasteiger partial charge in [0.1, 0.15) is 0 Å². The molecule has 0 fully saturated rings. The summed E-state index contributed by atoms with van der Waals surface area (Å²) in [4.78, 5) is 0. The minimum absolute atomic E-state index is 1.15. The van der Waals surface area contributed by atoms with Crippen LogP contribution in [0.15, 0.2) is 24.4 Å². The fourth-order valence-corrected chi connectivity index (χ4v) is 2.12. The molecule has 0 spiro atoms. The van der Waals surface area contributed by atoms with Crippen LogP contribution in [-0.4, -0.2) is 4.40 Å². The lowest BCUT2D eigenvalue weighted by Crippen LogP contribution is -1.95. The molecule has 79 valence electrons. The second-order valence-corrected chi connectivity index (χ2v) is 4.01. The zero-order valence-electron chi connectivity index (χ0n) is 9.59. The van der Waals surface area contributed by atoms with Gasteiger partial charge in [-0.05, 0) is 30.5 Å². The molecule has 2 aromatic heterocycles. The number of fused-ring (bicyclic) bond motifs is 1. The van der Waals surface area contributed by atoms with Crippen LogP contribution in [0.2, 0.25) is 0 Å². The summed E-state index contributed by atoms with van der Waals surface area (Å²) in [6, 6.07) is 9.82. The molecule has 2 heterocycles. The molecular formula is C14H18N. The van der Waals surface area contributed by atoms with Crippen molar-refractivity contribution >= 4 is 5.52 Å². The lowest BCUT2D eigenvalue weighted by molar-refractivity contribution is 0.826. The quantitative estimate of drug-likeness (QED) is 0.709. The highest BCUT2D eigenvalue weighted by Crippen LogP contribution is 2.18. The van der Waals surface area contributed by atoms with Crippen LogP contribution in [0.1, 0.15) is 37.9 Å². The maximum absolute atomic E-state index is 3.51. The Morgan fingerprint density at radius 3 is 2.67 bits per heavy atom. The van der Waals surface area contributed by atoms with Crippen molar-refractivity contribution in [3.63, 3.8) is 0 Å². The minimum Gasteiger partial charge on any atom is -0.320 e. The van der Waals surface area contributed by atoms with Gasteiger partial charge in [-0.15, -0.1) is 0 Å². The molecule has 0 N–H and O–H groups in total. The topological polar surface area (TPSA) is 4.41 Å². The number of hydrogen-bond acceptors (Lipinski definition) is 0. The van der Waals surface area contributed by atoms with E-state index in [2.05, 4.69) is 48.7 Å². The van der Waals surface area contributed by atoms with E-state index in [4.69, 9.17) is 0 Å². The molecule has 0 aliphatic rings. The van der Waals surface area contributed by atoms with E-state index >= 15 is 0 Å². The Morgan fingerprint density at radius 1 is 1.13 bits per heavy atom. The molecule has 0 atom stereocenters. The smallest absolute Gasteiger partial charge is 0.0535 e. The molecular weight excluding hydrogens is 182 g/mol. The van der Waals surface area contributed by atoms with Crippen LogP contribution in [0.5, 0.6) is 0 Å². The predicted molar refractivity (Wildman–Crippen MR) is 64.2 cm³/mol. The van der Waals surface area contributed by atoms with E-state index in [1.54, 1.807) is 0 Å². The summed E-state index contributed by atoms with van der Waals surface area (Å²) in [5.41, 5.74) is 4.07.